The van der Waals surface area contributed by atoms with Crippen LogP contribution >= 0.6 is 43.6 Å². The van der Waals surface area contributed by atoms with Crippen LogP contribution in [0.15, 0.2) is 21.1 Å². The van der Waals surface area contributed by atoms with E-state index < -0.39 is 0 Å². The van der Waals surface area contributed by atoms with Crippen molar-refractivity contribution in [1.29, 1.82) is 0 Å². The molecule has 0 aliphatic carbocycles. The van der Waals surface area contributed by atoms with Gasteiger partial charge in [0.15, 0.2) is 5.12 Å². The normalized spacial score (nSPS) is 19.1. The average Bonchev–Trinajstić information content (AvgIpc) is 2.57. The smallest absolute Gasteiger partial charge is 0.228 e. The second-order valence-electron chi connectivity index (χ2n) is 4.16. The second kappa shape index (κ2) is 5.93. The largest absolute Gasteiger partial charge is 0.309 e. The summed E-state index contributed by atoms with van der Waals surface area (Å²) in [4.78, 5) is 24.7. The molecule has 1 saturated heterocycles. The zero-order valence-corrected chi connectivity index (χ0v) is 13.9. The molecule has 1 fully saturated rings. The van der Waals surface area contributed by atoms with Crippen LogP contribution in [0.25, 0.3) is 0 Å². The van der Waals surface area contributed by atoms with Gasteiger partial charge in [-0.3, -0.25) is 9.59 Å². The van der Waals surface area contributed by atoms with E-state index >= 15 is 0 Å². The molecular weight excluding hydrogens is 401 g/mol. The second-order valence-corrected chi connectivity index (χ2v) is 7.34. The molecule has 1 atom stereocenters. The maximum atomic E-state index is 13.2. The van der Waals surface area contributed by atoms with Crippen LogP contribution in [0, 0.1) is 5.82 Å². The van der Waals surface area contributed by atoms with Crippen molar-refractivity contribution in [3.8, 4) is 0 Å². The first kappa shape index (κ1) is 15.0. The first-order chi connectivity index (χ1) is 8.88. The number of carbonyl (C=O) groups is 2. The highest BCUT2D eigenvalue weighted by Gasteiger charge is 2.33. The van der Waals surface area contributed by atoms with E-state index in [9.17, 15) is 14.0 Å². The molecule has 0 spiro atoms. The van der Waals surface area contributed by atoms with Crippen LogP contribution in [0.5, 0.6) is 0 Å². The molecule has 0 N–H and O–H groups in total. The Morgan fingerprint density at radius 3 is 2.53 bits per heavy atom. The molecule has 2 rings (SSSR count). The minimum atomic E-state index is -0.385. The number of carbonyl (C=O) groups excluding carboxylic acids is 2. The fourth-order valence-electron chi connectivity index (χ4n) is 2.00. The quantitative estimate of drug-likeness (QED) is 0.745. The van der Waals surface area contributed by atoms with Crippen LogP contribution in [-0.4, -0.2) is 22.8 Å². The number of halogens is 3. The van der Waals surface area contributed by atoms with Gasteiger partial charge in [0.1, 0.15) is 5.82 Å². The summed E-state index contributed by atoms with van der Waals surface area (Å²) in [5.41, 5.74) is 0.609. The highest BCUT2D eigenvalue weighted by molar-refractivity contribution is 9.11. The van der Waals surface area contributed by atoms with Crippen LogP contribution in [0.2, 0.25) is 0 Å². The Morgan fingerprint density at radius 1 is 1.42 bits per heavy atom. The molecule has 19 heavy (non-hydrogen) atoms. The topological polar surface area (TPSA) is 37.4 Å². The molecule has 0 radical (unpaired) electrons. The maximum absolute atomic E-state index is 13.2. The molecule has 1 aliphatic rings. The third-order valence-electron chi connectivity index (χ3n) is 2.67. The van der Waals surface area contributed by atoms with Gasteiger partial charge < -0.3 is 4.90 Å². The summed E-state index contributed by atoms with van der Waals surface area (Å²) in [5.74, 6) is -0.449. The third-order valence-corrected chi connectivity index (χ3v) is 4.86. The van der Waals surface area contributed by atoms with Crippen LogP contribution in [0.1, 0.15) is 13.3 Å². The molecule has 0 saturated carbocycles. The molecule has 1 aromatic carbocycles. The lowest BCUT2D eigenvalue weighted by molar-refractivity contribution is -0.117. The van der Waals surface area contributed by atoms with Gasteiger partial charge in [-0.1, -0.05) is 11.8 Å². The van der Waals surface area contributed by atoms with E-state index in [1.807, 2.05) is 0 Å². The van der Waals surface area contributed by atoms with E-state index in [1.165, 1.54) is 30.8 Å². The van der Waals surface area contributed by atoms with Gasteiger partial charge in [0.05, 0.1) is 5.69 Å². The van der Waals surface area contributed by atoms with E-state index in [-0.39, 0.29) is 22.1 Å². The van der Waals surface area contributed by atoms with E-state index in [4.69, 9.17) is 0 Å². The summed E-state index contributed by atoms with van der Waals surface area (Å²) in [6.45, 7) is 1.94. The first-order valence-electron chi connectivity index (χ1n) is 5.50. The van der Waals surface area contributed by atoms with Crippen molar-refractivity contribution >= 4 is 60.3 Å². The highest BCUT2D eigenvalue weighted by atomic mass is 79.9. The van der Waals surface area contributed by atoms with Crippen LogP contribution < -0.4 is 4.90 Å². The maximum Gasteiger partial charge on any atom is 0.228 e. The van der Waals surface area contributed by atoms with E-state index in [1.54, 1.807) is 4.90 Å². The van der Waals surface area contributed by atoms with Gasteiger partial charge in [-0.05, 0) is 44.0 Å². The number of anilines is 1. The van der Waals surface area contributed by atoms with Crippen molar-refractivity contribution in [3.05, 3.63) is 26.9 Å². The van der Waals surface area contributed by atoms with E-state index in [2.05, 4.69) is 31.9 Å². The van der Waals surface area contributed by atoms with Gasteiger partial charge in [0, 0.05) is 34.1 Å². The van der Waals surface area contributed by atoms with Gasteiger partial charge in [0.2, 0.25) is 5.91 Å². The SMILES string of the molecule is CC(=O)SC1CC(=O)N(c2c(Br)cc(F)cc2Br)C1. The number of nitrogens with zero attached hydrogens (tertiary/aromatic N) is 1. The molecule has 1 aromatic rings. The molecule has 7 heteroatoms. The van der Waals surface area contributed by atoms with Gasteiger partial charge in [-0.25, -0.2) is 4.39 Å². The summed E-state index contributed by atoms with van der Waals surface area (Å²) in [7, 11) is 0. The number of thioether (sulfide) groups is 1. The fraction of sp³-hybridized carbons (Fsp3) is 0.333. The van der Waals surface area contributed by atoms with Crippen LogP contribution in [0.3, 0.4) is 0 Å². The van der Waals surface area contributed by atoms with Crippen molar-refractivity contribution in [2.75, 3.05) is 11.4 Å². The van der Waals surface area contributed by atoms with Crippen molar-refractivity contribution in [2.24, 2.45) is 0 Å². The number of rotatable bonds is 2. The van der Waals surface area contributed by atoms with Gasteiger partial charge in [-0.2, -0.15) is 0 Å². The van der Waals surface area contributed by atoms with Gasteiger partial charge in [-0.15, -0.1) is 0 Å². The van der Waals surface area contributed by atoms with Crippen molar-refractivity contribution in [1.82, 2.24) is 0 Å². The summed E-state index contributed by atoms with van der Waals surface area (Å²) in [6, 6.07) is 2.64. The van der Waals surface area contributed by atoms with Crippen LogP contribution in [-0.2, 0) is 9.59 Å². The number of amides is 1. The molecule has 3 nitrogen and oxygen atoms in total. The van der Waals surface area contributed by atoms with Gasteiger partial charge in [0.25, 0.3) is 0 Å². The van der Waals surface area contributed by atoms with Crippen LogP contribution in [0.4, 0.5) is 10.1 Å². The lowest BCUT2D eigenvalue weighted by Crippen LogP contribution is -2.25. The number of hydrogen-bond acceptors (Lipinski definition) is 3. The Kier molecular flexibility index (Phi) is 4.68. The van der Waals surface area contributed by atoms with Crippen molar-refractivity contribution in [2.45, 2.75) is 18.6 Å². The number of benzene rings is 1. The van der Waals surface area contributed by atoms with Crippen molar-refractivity contribution < 1.29 is 14.0 Å². The Hall–Kier alpha value is -0.400. The Balaban J connectivity index is 2.28. The van der Waals surface area contributed by atoms with E-state index in [0.717, 1.165) is 0 Å². The summed E-state index contributed by atoms with van der Waals surface area (Å²) < 4.78 is 14.3. The highest BCUT2D eigenvalue weighted by Crippen LogP contribution is 2.39. The first-order valence-corrected chi connectivity index (χ1v) is 7.97. The lowest BCUT2D eigenvalue weighted by Gasteiger charge is -2.20. The molecule has 0 bridgehead atoms. The molecule has 1 heterocycles. The predicted molar refractivity (Wildman–Crippen MR) is 80.8 cm³/mol. The Bertz CT molecular complexity index is 530. The minimum absolute atomic E-state index is 0.00288. The molecule has 0 aromatic heterocycles. The average molecular weight is 411 g/mol. The van der Waals surface area contributed by atoms with Crippen molar-refractivity contribution in [3.63, 3.8) is 0 Å². The summed E-state index contributed by atoms with van der Waals surface area (Å²) in [6.07, 6.45) is 0.320. The monoisotopic (exact) mass is 409 g/mol. The zero-order chi connectivity index (χ0) is 14.2. The zero-order valence-electron chi connectivity index (χ0n) is 9.95. The molecule has 1 amide bonds. The molecule has 1 unspecified atom stereocenters. The number of hydrogen-bond donors (Lipinski definition) is 0. The standard InChI is InChI=1S/C12H10Br2FNO2S/c1-6(17)19-8-4-11(18)16(5-8)12-9(13)2-7(15)3-10(12)14/h2-3,8H,4-5H2,1H3. The predicted octanol–water partition coefficient (Wildman–Crippen LogP) is 3.74. The lowest BCUT2D eigenvalue weighted by atomic mass is 10.3. The summed E-state index contributed by atoms with van der Waals surface area (Å²) in [5, 5.41) is -0.0502. The Morgan fingerprint density at radius 2 is 2.00 bits per heavy atom. The molecule has 1 aliphatic heterocycles. The minimum Gasteiger partial charge on any atom is -0.309 e. The molecular formula is C12H10Br2FNO2S. The fourth-order valence-corrected chi connectivity index (χ4v) is 4.47. The van der Waals surface area contributed by atoms with E-state index in [0.29, 0.717) is 27.6 Å². The molecule has 102 valence electrons. The van der Waals surface area contributed by atoms with Gasteiger partial charge >= 0.3 is 0 Å². The third kappa shape index (κ3) is 3.38. The summed E-state index contributed by atoms with van der Waals surface area (Å²) >= 11 is 7.71. The Labute approximate surface area is 131 Å².